The Hall–Kier alpha value is -1.05. The van der Waals surface area contributed by atoms with Gasteiger partial charge < -0.3 is 4.74 Å². The third-order valence-corrected chi connectivity index (χ3v) is 3.67. The molecule has 102 valence electrons. The number of rotatable bonds is 6. The van der Waals surface area contributed by atoms with Crippen molar-refractivity contribution in [1.82, 2.24) is 0 Å². The van der Waals surface area contributed by atoms with Gasteiger partial charge in [0.05, 0.1) is 6.61 Å². The Morgan fingerprint density at radius 3 is 2.67 bits per heavy atom. The van der Waals surface area contributed by atoms with E-state index in [1.54, 1.807) is 0 Å². The molecular formula is C16H26O2. The third-order valence-electron chi connectivity index (χ3n) is 3.67. The van der Waals surface area contributed by atoms with Gasteiger partial charge in [0.1, 0.15) is 0 Å². The van der Waals surface area contributed by atoms with E-state index in [0.717, 1.165) is 37.7 Å². The lowest BCUT2D eigenvalue weighted by Crippen LogP contribution is -2.22. The summed E-state index contributed by atoms with van der Waals surface area (Å²) in [4.78, 5) is 11.9. The summed E-state index contributed by atoms with van der Waals surface area (Å²) in [6.07, 6.45) is 11.4. The molecule has 0 aromatic heterocycles. The van der Waals surface area contributed by atoms with Crippen LogP contribution in [0.2, 0.25) is 0 Å². The van der Waals surface area contributed by atoms with Crippen molar-refractivity contribution in [2.45, 2.75) is 52.9 Å². The van der Waals surface area contributed by atoms with Crippen molar-refractivity contribution < 1.29 is 9.53 Å². The largest absolute Gasteiger partial charge is 0.462 e. The normalized spacial score (nSPS) is 24.1. The van der Waals surface area contributed by atoms with E-state index in [1.807, 2.05) is 13.0 Å². The lowest BCUT2D eigenvalue weighted by atomic mass is 9.85. The number of unbranched alkanes of at least 4 members (excludes halogenated alkanes) is 1. The summed E-state index contributed by atoms with van der Waals surface area (Å²) < 4.78 is 5.46. The summed E-state index contributed by atoms with van der Waals surface area (Å²) in [7, 11) is 0. The minimum atomic E-state index is -0.118. The number of esters is 1. The molecule has 18 heavy (non-hydrogen) atoms. The van der Waals surface area contributed by atoms with Crippen LogP contribution in [0.3, 0.4) is 0 Å². The van der Waals surface area contributed by atoms with Gasteiger partial charge in [-0.15, -0.1) is 0 Å². The maximum Gasteiger partial charge on any atom is 0.333 e. The van der Waals surface area contributed by atoms with Gasteiger partial charge in [-0.25, -0.2) is 4.79 Å². The van der Waals surface area contributed by atoms with Crippen LogP contribution in [0, 0.1) is 11.8 Å². The van der Waals surface area contributed by atoms with Crippen molar-refractivity contribution >= 4 is 5.97 Å². The van der Waals surface area contributed by atoms with Crippen LogP contribution in [-0.4, -0.2) is 12.6 Å². The van der Waals surface area contributed by atoms with Crippen molar-refractivity contribution in [3.63, 3.8) is 0 Å². The lowest BCUT2D eigenvalue weighted by Gasteiger charge is -2.24. The Balaban J connectivity index is 2.42. The molecule has 0 N–H and O–H groups in total. The summed E-state index contributed by atoms with van der Waals surface area (Å²) in [6.45, 7) is 6.92. The first kappa shape index (κ1) is 15.0. The molecule has 2 nitrogen and oxygen atoms in total. The molecule has 0 spiro atoms. The van der Waals surface area contributed by atoms with Gasteiger partial charge in [-0.2, -0.15) is 0 Å². The molecule has 0 amide bonds. The molecule has 1 aliphatic carbocycles. The highest BCUT2D eigenvalue weighted by molar-refractivity contribution is 5.88. The van der Waals surface area contributed by atoms with E-state index in [9.17, 15) is 4.79 Å². The van der Waals surface area contributed by atoms with Gasteiger partial charge in [0.2, 0.25) is 0 Å². The second-order valence-corrected chi connectivity index (χ2v) is 5.15. The van der Waals surface area contributed by atoms with Gasteiger partial charge in [-0.05, 0) is 37.5 Å². The zero-order valence-electron chi connectivity index (χ0n) is 11.9. The Morgan fingerprint density at radius 1 is 1.33 bits per heavy atom. The van der Waals surface area contributed by atoms with Crippen molar-refractivity contribution in [2.24, 2.45) is 11.8 Å². The molecule has 0 fully saturated rings. The second-order valence-electron chi connectivity index (χ2n) is 5.15. The van der Waals surface area contributed by atoms with Gasteiger partial charge in [0.15, 0.2) is 0 Å². The minimum Gasteiger partial charge on any atom is -0.462 e. The molecule has 0 bridgehead atoms. The van der Waals surface area contributed by atoms with E-state index in [2.05, 4.69) is 26.0 Å². The molecule has 1 rings (SSSR count). The zero-order chi connectivity index (χ0) is 13.4. The van der Waals surface area contributed by atoms with E-state index in [4.69, 9.17) is 4.74 Å². The Bertz CT molecular complexity index is 315. The van der Waals surface area contributed by atoms with Crippen LogP contribution in [0.5, 0.6) is 0 Å². The number of allylic oxidation sites excluding steroid dienone is 3. The van der Waals surface area contributed by atoms with E-state index in [1.165, 1.54) is 0 Å². The molecule has 2 atom stereocenters. The standard InChI is InChI=1S/C16H26O2/c1-4-6-10-14(5-2)16(17)18-12-15-11-8-7-9-13(15)3/h7-8,10,13,15H,4-6,9,11-12H2,1-3H3/b14-10-/t13-,15-/m1/s1. The van der Waals surface area contributed by atoms with Gasteiger partial charge in [-0.3, -0.25) is 0 Å². The fourth-order valence-corrected chi connectivity index (χ4v) is 2.20. The van der Waals surface area contributed by atoms with Crippen LogP contribution in [0.4, 0.5) is 0 Å². The maximum absolute atomic E-state index is 11.9. The predicted octanol–water partition coefficient (Wildman–Crippen LogP) is 4.27. The van der Waals surface area contributed by atoms with Crippen molar-refractivity contribution in [1.29, 1.82) is 0 Å². The topological polar surface area (TPSA) is 26.3 Å². The Labute approximate surface area is 111 Å². The molecule has 1 aliphatic rings. The highest BCUT2D eigenvalue weighted by Crippen LogP contribution is 2.25. The van der Waals surface area contributed by atoms with Crippen molar-refractivity contribution in [3.05, 3.63) is 23.8 Å². The van der Waals surface area contributed by atoms with E-state index >= 15 is 0 Å². The molecule has 0 aromatic carbocycles. The van der Waals surface area contributed by atoms with Crippen molar-refractivity contribution in [3.8, 4) is 0 Å². The minimum absolute atomic E-state index is 0.118. The summed E-state index contributed by atoms with van der Waals surface area (Å²) in [6, 6.07) is 0. The second kappa shape index (κ2) is 8.12. The maximum atomic E-state index is 11.9. The van der Waals surface area contributed by atoms with Crippen LogP contribution in [-0.2, 0) is 9.53 Å². The summed E-state index contributed by atoms with van der Waals surface area (Å²) in [5.41, 5.74) is 0.829. The molecule has 0 aliphatic heterocycles. The van der Waals surface area contributed by atoms with Gasteiger partial charge in [0.25, 0.3) is 0 Å². The first-order valence-corrected chi connectivity index (χ1v) is 7.20. The molecule has 0 aromatic rings. The molecule has 0 heterocycles. The molecule has 0 radical (unpaired) electrons. The van der Waals surface area contributed by atoms with Gasteiger partial charge >= 0.3 is 5.97 Å². The third kappa shape index (κ3) is 4.67. The summed E-state index contributed by atoms with van der Waals surface area (Å²) in [5, 5.41) is 0. The Kier molecular flexibility index (Phi) is 6.77. The number of hydrogen-bond acceptors (Lipinski definition) is 2. The first-order chi connectivity index (χ1) is 8.69. The smallest absolute Gasteiger partial charge is 0.333 e. The monoisotopic (exact) mass is 250 g/mol. The number of ether oxygens (including phenoxy) is 1. The lowest BCUT2D eigenvalue weighted by molar-refractivity contribution is -0.141. The van der Waals surface area contributed by atoms with E-state index in [0.29, 0.717) is 18.4 Å². The average Bonchev–Trinajstić information content (AvgIpc) is 2.38. The number of hydrogen-bond donors (Lipinski definition) is 0. The molecule has 2 heteroatoms. The van der Waals surface area contributed by atoms with E-state index in [-0.39, 0.29) is 5.97 Å². The fraction of sp³-hybridized carbons (Fsp3) is 0.688. The first-order valence-electron chi connectivity index (χ1n) is 7.20. The molecule has 0 saturated heterocycles. The quantitative estimate of drug-likeness (QED) is 0.400. The average molecular weight is 250 g/mol. The predicted molar refractivity (Wildman–Crippen MR) is 75.3 cm³/mol. The summed E-state index contributed by atoms with van der Waals surface area (Å²) >= 11 is 0. The highest BCUT2D eigenvalue weighted by Gasteiger charge is 2.20. The van der Waals surface area contributed by atoms with Crippen molar-refractivity contribution in [2.75, 3.05) is 6.61 Å². The highest BCUT2D eigenvalue weighted by atomic mass is 16.5. The molecular weight excluding hydrogens is 224 g/mol. The van der Waals surface area contributed by atoms with E-state index < -0.39 is 0 Å². The van der Waals surface area contributed by atoms with Gasteiger partial charge in [-0.1, -0.05) is 45.4 Å². The molecule has 0 unspecified atom stereocenters. The van der Waals surface area contributed by atoms with Gasteiger partial charge in [0, 0.05) is 5.57 Å². The van der Waals surface area contributed by atoms with Crippen LogP contribution < -0.4 is 0 Å². The number of carbonyl (C=O) groups is 1. The fourth-order valence-electron chi connectivity index (χ4n) is 2.20. The zero-order valence-corrected chi connectivity index (χ0v) is 11.9. The van der Waals surface area contributed by atoms with Crippen LogP contribution >= 0.6 is 0 Å². The summed E-state index contributed by atoms with van der Waals surface area (Å²) in [5.74, 6) is 0.989. The van der Waals surface area contributed by atoms with Crippen LogP contribution in [0.15, 0.2) is 23.8 Å². The number of carbonyl (C=O) groups excluding carboxylic acids is 1. The molecule has 0 saturated carbocycles. The van der Waals surface area contributed by atoms with Crippen LogP contribution in [0.1, 0.15) is 52.9 Å². The Morgan fingerprint density at radius 2 is 2.06 bits per heavy atom. The SMILES string of the molecule is CCC/C=C(/CC)C(=O)OC[C@H]1CC=CC[C@H]1C. The van der Waals surface area contributed by atoms with Crippen LogP contribution in [0.25, 0.3) is 0 Å².